The summed E-state index contributed by atoms with van der Waals surface area (Å²) in [6, 6.07) is 4.21. The van der Waals surface area contributed by atoms with Gasteiger partial charge in [0, 0.05) is 11.1 Å². The number of benzene rings is 1. The molecule has 1 N–H and O–H groups in total. The van der Waals surface area contributed by atoms with E-state index in [1.165, 1.54) is 25.7 Å². The molecule has 1 amide bonds. The first-order chi connectivity index (χ1) is 12.7. The number of hydrazone groups is 1. The van der Waals surface area contributed by atoms with Crippen molar-refractivity contribution in [1.29, 1.82) is 0 Å². The van der Waals surface area contributed by atoms with Gasteiger partial charge in [-0.1, -0.05) is 20.8 Å². The smallest absolute Gasteiger partial charge is 0.314 e. The Morgan fingerprint density at radius 1 is 1.41 bits per heavy atom. The zero-order valence-electron chi connectivity index (χ0n) is 16.1. The van der Waals surface area contributed by atoms with Gasteiger partial charge in [0.2, 0.25) is 0 Å². The van der Waals surface area contributed by atoms with E-state index in [2.05, 4.69) is 31.3 Å². The number of hydrogen-bond acceptors (Lipinski definition) is 6. The Hall–Kier alpha value is -2.64. The van der Waals surface area contributed by atoms with Crippen LogP contribution in [0.4, 0.5) is 5.69 Å². The number of nitrogens with zero attached hydrogens (tertiary/aromatic N) is 2. The number of fused-ring (bicyclic) bond motifs is 2. The van der Waals surface area contributed by atoms with Crippen LogP contribution < -0.4 is 14.9 Å². The van der Waals surface area contributed by atoms with Gasteiger partial charge in [0.05, 0.1) is 18.1 Å². The van der Waals surface area contributed by atoms with Crippen LogP contribution in [0.2, 0.25) is 0 Å². The molecule has 1 aromatic rings. The Morgan fingerprint density at radius 2 is 2.15 bits per heavy atom. The van der Waals surface area contributed by atoms with Crippen LogP contribution in [-0.4, -0.2) is 30.3 Å². The van der Waals surface area contributed by atoms with Crippen molar-refractivity contribution in [3.8, 4) is 11.5 Å². The van der Waals surface area contributed by atoms with Gasteiger partial charge in [-0.05, 0) is 42.7 Å². The zero-order chi connectivity index (χ0) is 19.8. The number of carbonyl (C=O) groups is 1. The predicted octanol–water partition coefficient (Wildman–Crippen LogP) is 3.30. The molecule has 8 nitrogen and oxygen atoms in total. The molecule has 2 bridgehead atoms. The minimum absolute atomic E-state index is 0.000569. The summed E-state index contributed by atoms with van der Waals surface area (Å²) in [6.45, 7) is 6.39. The first kappa shape index (κ1) is 19.1. The predicted molar refractivity (Wildman–Crippen MR) is 100.0 cm³/mol. The van der Waals surface area contributed by atoms with Crippen molar-refractivity contribution in [3.63, 3.8) is 0 Å². The van der Waals surface area contributed by atoms with Gasteiger partial charge < -0.3 is 9.47 Å². The monoisotopic (exact) mass is 375 g/mol. The highest BCUT2D eigenvalue weighted by Gasteiger charge is 2.60. The molecule has 0 aliphatic heterocycles. The van der Waals surface area contributed by atoms with E-state index in [9.17, 15) is 14.9 Å². The normalized spacial score (nSPS) is 26.8. The summed E-state index contributed by atoms with van der Waals surface area (Å²) in [7, 11) is 1.42. The molecule has 27 heavy (non-hydrogen) atoms. The van der Waals surface area contributed by atoms with Gasteiger partial charge in [-0.15, -0.1) is 0 Å². The number of nitro groups is 1. The number of amides is 1. The molecule has 0 spiro atoms. The van der Waals surface area contributed by atoms with E-state index in [0.717, 1.165) is 18.6 Å². The van der Waals surface area contributed by atoms with Crippen LogP contribution in [0.25, 0.3) is 0 Å². The maximum absolute atomic E-state index is 12.1. The first-order valence-corrected chi connectivity index (χ1v) is 9.00. The molecule has 0 saturated heterocycles. The lowest BCUT2D eigenvalue weighted by Crippen LogP contribution is -2.35. The lowest BCUT2D eigenvalue weighted by Gasteiger charge is -2.34. The van der Waals surface area contributed by atoms with E-state index in [-0.39, 0.29) is 28.9 Å². The zero-order valence-corrected chi connectivity index (χ0v) is 16.1. The third kappa shape index (κ3) is 3.24. The summed E-state index contributed by atoms with van der Waals surface area (Å²) in [4.78, 5) is 22.7. The summed E-state index contributed by atoms with van der Waals surface area (Å²) in [5, 5.41) is 15.5. The summed E-state index contributed by atoms with van der Waals surface area (Å²) in [5.41, 5.74) is 3.49. The number of carbonyl (C=O) groups excluding carboxylic acids is 1. The molecule has 2 aliphatic rings. The van der Waals surface area contributed by atoms with Crippen molar-refractivity contribution in [2.75, 3.05) is 13.7 Å². The van der Waals surface area contributed by atoms with Crippen LogP contribution in [0.15, 0.2) is 23.3 Å². The number of ether oxygens (including phenoxy) is 2. The molecule has 0 unspecified atom stereocenters. The van der Waals surface area contributed by atoms with Crippen LogP contribution in [0.3, 0.4) is 0 Å². The highest BCUT2D eigenvalue weighted by atomic mass is 16.6. The Kier molecular flexibility index (Phi) is 4.84. The fraction of sp³-hybridized carbons (Fsp3) is 0.579. The minimum Gasteiger partial charge on any atom is -0.496 e. The second kappa shape index (κ2) is 6.83. The molecule has 0 heterocycles. The molecule has 2 atom stereocenters. The quantitative estimate of drug-likeness (QED) is 0.607. The van der Waals surface area contributed by atoms with E-state index in [1.54, 1.807) is 6.07 Å². The molecule has 0 radical (unpaired) electrons. The molecule has 146 valence electrons. The highest BCUT2D eigenvalue weighted by Crippen LogP contribution is 2.63. The largest absolute Gasteiger partial charge is 0.496 e. The summed E-state index contributed by atoms with van der Waals surface area (Å²) in [5.74, 6) is 0.502. The molecule has 1 aromatic carbocycles. The van der Waals surface area contributed by atoms with Crippen LogP contribution in [0, 0.1) is 26.9 Å². The molecular formula is C19H25N3O5. The number of methoxy groups -OCH3 is 1. The van der Waals surface area contributed by atoms with Gasteiger partial charge in [-0.2, -0.15) is 5.10 Å². The van der Waals surface area contributed by atoms with Gasteiger partial charge in [-0.3, -0.25) is 14.9 Å². The SMILES string of the molecule is COc1ccc(OCC(=O)N/N=C2/C[C@H]3CC[C@@]2(C)C3(C)C)c([N+](=O)[O-])c1. The molecule has 3 rings (SSSR count). The maximum atomic E-state index is 12.1. The Morgan fingerprint density at radius 3 is 2.70 bits per heavy atom. The minimum atomic E-state index is -0.575. The fourth-order valence-electron chi connectivity index (χ4n) is 4.29. The van der Waals surface area contributed by atoms with Gasteiger partial charge in [0.25, 0.3) is 5.91 Å². The lowest BCUT2D eigenvalue weighted by molar-refractivity contribution is -0.385. The van der Waals surface area contributed by atoms with Crippen molar-refractivity contribution in [1.82, 2.24) is 5.43 Å². The van der Waals surface area contributed by atoms with E-state index >= 15 is 0 Å². The van der Waals surface area contributed by atoms with Crippen LogP contribution >= 0.6 is 0 Å². The third-order valence-electron chi connectivity index (χ3n) is 6.55. The molecule has 0 aromatic heterocycles. The molecule has 8 heteroatoms. The number of nitrogens with one attached hydrogen (secondary N) is 1. The number of hydrogen-bond donors (Lipinski definition) is 1. The number of nitro benzene ring substituents is 1. The van der Waals surface area contributed by atoms with Gasteiger partial charge in [-0.25, -0.2) is 5.43 Å². The van der Waals surface area contributed by atoms with E-state index < -0.39 is 10.8 Å². The van der Waals surface area contributed by atoms with E-state index in [0.29, 0.717) is 11.7 Å². The van der Waals surface area contributed by atoms with Crippen LogP contribution in [0.5, 0.6) is 11.5 Å². The lowest BCUT2D eigenvalue weighted by atomic mass is 9.70. The van der Waals surface area contributed by atoms with Crippen molar-refractivity contribution < 1.29 is 19.2 Å². The van der Waals surface area contributed by atoms with Crippen LogP contribution in [-0.2, 0) is 4.79 Å². The van der Waals surface area contributed by atoms with Gasteiger partial charge in [0.1, 0.15) is 5.75 Å². The third-order valence-corrected chi connectivity index (χ3v) is 6.55. The van der Waals surface area contributed by atoms with E-state index in [4.69, 9.17) is 9.47 Å². The topological polar surface area (TPSA) is 103 Å². The van der Waals surface area contributed by atoms with Crippen molar-refractivity contribution >= 4 is 17.3 Å². The second-order valence-corrected chi connectivity index (χ2v) is 7.97. The van der Waals surface area contributed by atoms with Crippen LogP contribution in [0.1, 0.15) is 40.0 Å². The molecule has 2 aliphatic carbocycles. The summed E-state index contributed by atoms with van der Waals surface area (Å²) < 4.78 is 10.3. The number of rotatable bonds is 6. The summed E-state index contributed by atoms with van der Waals surface area (Å²) in [6.07, 6.45) is 3.17. The molecular weight excluding hydrogens is 350 g/mol. The van der Waals surface area contributed by atoms with E-state index in [1.807, 2.05) is 0 Å². The second-order valence-electron chi connectivity index (χ2n) is 7.97. The maximum Gasteiger partial charge on any atom is 0.314 e. The highest BCUT2D eigenvalue weighted by molar-refractivity contribution is 5.95. The first-order valence-electron chi connectivity index (χ1n) is 9.00. The Bertz CT molecular complexity index is 805. The fourth-order valence-corrected chi connectivity index (χ4v) is 4.29. The van der Waals surface area contributed by atoms with Crippen molar-refractivity contribution in [3.05, 3.63) is 28.3 Å². The molecule has 2 saturated carbocycles. The summed E-state index contributed by atoms with van der Waals surface area (Å²) >= 11 is 0. The average Bonchev–Trinajstić information content (AvgIpc) is 2.97. The average molecular weight is 375 g/mol. The van der Waals surface area contributed by atoms with Gasteiger partial charge in [0.15, 0.2) is 12.4 Å². The standard InChI is InChI=1S/C19H25N3O5/c1-18(2)12-7-8-19(18,3)16(9-12)20-21-17(23)11-27-15-6-5-13(26-4)10-14(15)22(24)25/h5-6,10,12H,7-9,11H2,1-4H3,(H,21,23)/b20-16-/t12-,19-/m1/s1. The Labute approximate surface area is 158 Å². The molecule has 2 fully saturated rings. The van der Waals surface area contributed by atoms with Gasteiger partial charge >= 0.3 is 5.69 Å². The Balaban J connectivity index is 1.62. The van der Waals surface area contributed by atoms with Crippen molar-refractivity contribution in [2.24, 2.45) is 21.8 Å². The van der Waals surface area contributed by atoms with Crippen molar-refractivity contribution in [2.45, 2.75) is 40.0 Å².